The van der Waals surface area contributed by atoms with Crippen LogP contribution in [0.5, 0.6) is 0 Å². The Kier molecular flexibility index (Phi) is 5.11. The Morgan fingerprint density at radius 1 is 1.20 bits per heavy atom. The van der Waals surface area contributed by atoms with Crippen molar-refractivity contribution >= 4 is 11.8 Å². The van der Waals surface area contributed by atoms with E-state index in [1.54, 1.807) is 12.1 Å². The fourth-order valence-electron chi connectivity index (χ4n) is 4.06. The molecular weight excluding hydrogens is 319 g/mol. The molecule has 136 valence electrons. The third-order valence-electron chi connectivity index (χ3n) is 5.40. The number of carbonyl (C=O) groups is 2. The minimum atomic E-state index is -0.412. The van der Waals surface area contributed by atoms with Crippen molar-refractivity contribution in [3.05, 3.63) is 35.6 Å². The molecule has 0 aliphatic carbocycles. The first-order valence-corrected chi connectivity index (χ1v) is 9.21. The third-order valence-corrected chi connectivity index (χ3v) is 5.40. The van der Waals surface area contributed by atoms with Gasteiger partial charge in [0.2, 0.25) is 11.8 Å². The lowest BCUT2D eigenvalue weighted by Gasteiger charge is -2.39. The summed E-state index contributed by atoms with van der Waals surface area (Å²) >= 11 is 0. The molecule has 1 atom stereocenters. The molecule has 5 heteroatoms. The molecule has 1 aromatic rings. The Labute approximate surface area is 149 Å². The van der Waals surface area contributed by atoms with Gasteiger partial charge in [-0.15, -0.1) is 0 Å². The molecule has 2 aliphatic heterocycles. The van der Waals surface area contributed by atoms with Gasteiger partial charge >= 0.3 is 0 Å². The number of piperidine rings is 1. The van der Waals surface area contributed by atoms with Crippen LogP contribution in [-0.4, -0.2) is 41.2 Å². The van der Waals surface area contributed by atoms with Gasteiger partial charge in [-0.3, -0.25) is 9.59 Å². The second kappa shape index (κ2) is 7.14. The zero-order valence-corrected chi connectivity index (χ0v) is 15.1. The summed E-state index contributed by atoms with van der Waals surface area (Å²) in [5.41, 5.74) is 0.530. The molecule has 2 heterocycles. The highest BCUT2D eigenvalue weighted by molar-refractivity contribution is 5.86. The van der Waals surface area contributed by atoms with Crippen molar-refractivity contribution in [3.63, 3.8) is 0 Å². The lowest BCUT2D eigenvalue weighted by Crippen LogP contribution is -2.50. The number of likely N-dealkylation sites (tertiary alicyclic amines) is 2. The van der Waals surface area contributed by atoms with Crippen LogP contribution in [0.1, 0.15) is 45.1 Å². The topological polar surface area (TPSA) is 40.6 Å². The molecule has 0 aromatic heterocycles. The summed E-state index contributed by atoms with van der Waals surface area (Å²) < 4.78 is 13.1. The van der Waals surface area contributed by atoms with Gasteiger partial charge in [0.15, 0.2) is 0 Å². The van der Waals surface area contributed by atoms with E-state index < -0.39 is 5.41 Å². The van der Waals surface area contributed by atoms with E-state index in [0.717, 1.165) is 31.4 Å². The van der Waals surface area contributed by atoms with Crippen LogP contribution in [0.3, 0.4) is 0 Å². The summed E-state index contributed by atoms with van der Waals surface area (Å²) in [5, 5.41) is 0. The third kappa shape index (κ3) is 3.86. The Balaban J connectivity index is 1.67. The average molecular weight is 346 g/mol. The number of carbonyl (C=O) groups excluding carboxylic acids is 2. The van der Waals surface area contributed by atoms with Gasteiger partial charge in [0.25, 0.3) is 0 Å². The van der Waals surface area contributed by atoms with E-state index in [-0.39, 0.29) is 17.6 Å². The first kappa shape index (κ1) is 17.9. The second-order valence-corrected chi connectivity index (χ2v) is 7.90. The van der Waals surface area contributed by atoms with Gasteiger partial charge in [0, 0.05) is 32.6 Å². The summed E-state index contributed by atoms with van der Waals surface area (Å²) in [4.78, 5) is 29.2. The standard InChI is InChI=1S/C20H27FN2O2/c1-15(2)12-18(24)23-11-9-20(14-23)8-3-10-22(19(20)25)13-16-4-6-17(21)7-5-16/h4-7,15H,3,8-14H2,1-2H3. The van der Waals surface area contributed by atoms with Crippen LogP contribution in [0.25, 0.3) is 0 Å². The van der Waals surface area contributed by atoms with Crippen LogP contribution in [0.15, 0.2) is 24.3 Å². The van der Waals surface area contributed by atoms with E-state index in [9.17, 15) is 14.0 Å². The highest BCUT2D eigenvalue weighted by Crippen LogP contribution is 2.40. The molecule has 0 bridgehead atoms. The summed E-state index contributed by atoms with van der Waals surface area (Å²) in [6.07, 6.45) is 3.12. The number of halogens is 1. The van der Waals surface area contributed by atoms with E-state index in [4.69, 9.17) is 0 Å². The molecule has 4 nitrogen and oxygen atoms in total. The van der Waals surface area contributed by atoms with E-state index in [0.29, 0.717) is 32.0 Å². The van der Waals surface area contributed by atoms with Gasteiger partial charge < -0.3 is 9.80 Å². The maximum atomic E-state index is 13.1. The molecule has 0 N–H and O–H groups in total. The zero-order valence-electron chi connectivity index (χ0n) is 15.1. The van der Waals surface area contributed by atoms with Gasteiger partial charge in [-0.1, -0.05) is 26.0 Å². The van der Waals surface area contributed by atoms with Crippen LogP contribution < -0.4 is 0 Å². The van der Waals surface area contributed by atoms with Gasteiger partial charge in [0.05, 0.1) is 5.41 Å². The molecule has 1 spiro atoms. The van der Waals surface area contributed by atoms with E-state index in [1.165, 1.54) is 12.1 Å². The fraction of sp³-hybridized carbons (Fsp3) is 0.600. The highest BCUT2D eigenvalue weighted by Gasteiger charge is 2.49. The van der Waals surface area contributed by atoms with E-state index in [2.05, 4.69) is 0 Å². The van der Waals surface area contributed by atoms with Gasteiger partial charge in [0.1, 0.15) is 5.82 Å². The molecular formula is C20H27FN2O2. The lowest BCUT2D eigenvalue weighted by atomic mass is 9.78. The molecule has 1 aromatic carbocycles. The maximum absolute atomic E-state index is 13.1. The van der Waals surface area contributed by atoms with Gasteiger partial charge in [-0.2, -0.15) is 0 Å². The largest absolute Gasteiger partial charge is 0.342 e. The summed E-state index contributed by atoms with van der Waals surface area (Å²) in [6, 6.07) is 6.33. The molecule has 2 aliphatic rings. The summed E-state index contributed by atoms with van der Waals surface area (Å²) in [7, 11) is 0. The average Bonchev–Trinajstić information content (AvgIpc) is 2.99. The normalized spacial score (nSPS) is 23.8. The highest BCUT2D eigenvalue weighted by atomic mass is 19.1. The van der Waals surface area contributed by atoms with Crippen molar-refractivity contribution in [2.45, 2.75) is 46.1 Å². The summed E-state index contributed by atoms with van der Waals surface area (Å²) in [6.45, 7) is 6.57. The molecule has 1 unspecified atom stereocenters. The molecule has 0 radical (unpaired) electrons. The molecule has 2 fully saturated rings. The van der Waals surface area contributed by atoms with Crippen LogP contribution >= 0.6 is 0 Å². The van der Waals surface area contributed by atoms with Crippen LogP contribution in [0, 0.1) is 17.2 Å². The van der Waals surface area contributed by atoms with Crippen molar-refractivity contribution in [1.29, 1.82) is 0 Å². The lowest BCUT2D eigenvalue weighted by molar-refractivity contribution is -0.146. The van der Waals surface area contributed by atoms with E-state index in [1.807, 2.05) is 23.6 Å². The Bertz CT molecular complexity index is 644. The number of amides is 2. The van der Waals surface area contributed by atoms with Crippen molar-refractivity contribution in [2.75, 3.05) is 19.6 Å². The van der Waals surface area contributed by atoms with Crippen LogP contribution in [0.4, 0.5) is 4.39 Å². The number of hydrogen-bond donors (Lipinski definition) is 0. The second-order valence-electron chi connectivity index (χ2n) is 7.90. The van der Waals surface area contributed by atoms with Crippen molar-refractivity contribution in [3.8, 4) is 0 Å². The first-order chi connectivity index (χ1) is 11.9. The number of hydrogen-bond acceptors (Lipinski definition) is 2. The fourth-order valence-corrected chi connectivity index (χ4v) is 4.06. The monoisotopic (exact) mass is 346 g/mol. The Morgan fingerprint density at radius 2 is 1.92 bits per heavy atom. The Hall–Kier alpha value is -1.91. The Morgan fingerprint density at radius 3 is 2.60 bits per heavy atom. The number of rotatable bonds is 4. The van der Waals surface area contributed by atoms with Crippen molar-refractivity contribution in [1.82, 2.24) is 9.80 Å². The molecule has 2 saturated heterocycles. The van der Waals surface area contributed by atoms with E-state index >= 15 is 0 Å². The van der Waals surface area contributed by atoms with Gasteiger partial charge in [-0.05, 0) is 42.9 Å². The first-order valence-electron chi connectivity index (χ1n) is 9.21. The van der Waals surface area contributed by atoms with Gasteiger partial charge in [-0.25, -0.2) is 4.39 Å². The molecule has 0 saturated carbocycles. The van der Waals surface area contributed by atoms with Crippen molar-refractivity contribution in [2.24, 2.45) is 11.3 Å². The molecule has 3 rings (SSSR count). The number of nitrogens with zero attached hydrogens (tertiary/aromatic N) is 2. The zero-order chi connectivity index (χ0) is 18.0. The minimum absolute atomic E-state index is 0.155. The maximum Gasteiger partial charge on any atom is 0.230 e. The summed E-state index contributed by atoms with van der Waals surface area (Å²) in [5.74, 6) is 0.389. The quantitative estimate of drug-likeness (QED) is 0.840. The van der Waals surface area contributed by atoms with Crippen molar-refractivity contribution < 1.29 is 14.0 Å². The van der Waals surface area contributed by atoms with Crippen LogP contribution in [-0.2, 0) is 16.1 Å². The predicted octanol–water partition coefficient (Wildman–Crippen LogP) is 3.21. The molecule has 2 amide bonds. The number of benzene rings is 1. The minimum Gasteiger partial charge on any atom is -0.342 e. The SMILES string of the molecule is CC(C)CC(=O)N1CCC2(CCCN(Cc3ccc(F)cc3)C2=O)C1. The predicted molar refractivity (Wildman–Crippen MR) is 94.1 cm³/mol. The molecule has 25 heavy (non-hydrogen) atoms. The smallest absolute Gasteiger partial charge is 0.230 e. The van der Waals surface area contributed by atoms with Crippen LogP contribution in [0.2, 0.25) is 0 Å².